The second-order valence-corrected chi connectivity index (χ2v) is 7.06. The van der Waals surface area contributed by atoms with Crippen molar-refractivity contribution in [3.8, 4) is 6.07 Å². The minimum atomic E-state index is -3.97. The van der Waals surface area contributed by atoms with Gasteiger partial charge in [-0.1, -0.05) is 19.9 Å². The Morgan fingerprint density at radius 1 is 1.45 bits per heavy atom. The molecule has 8 heteroatoms. The molecule has 0 unspecified atom stereocenters. The predicted octanol–water partition coefficient (Wildman–Crippen LogP) is 1.62. The highest BCUT2D eigenvalue weighted by atomic mass is 32.2. The number of rotatable bonds is 7. The van der Waals surface area contributed by atoms with Crippen LogP contribution in [-0.4, -0.2) is 25.5 Å². The normalized spacial score (nSPS) is 12.9. The molecule has 0 bridgehead atoms. The maximum Gasteiger partial charge on any atom is 0.321 e. The van der Waals surface area contributed by atoms with Crippen LogP contribution in [0.5, 0.6) is 0 Å². The number of halogens is 1. The van der Waals surface area contributed by atoms with E-state index in [9.17, 15) is 17.6 Å². The number of benzene rings is 1. The molecule has 1 rings (SSSR count). The van der Waals surface area contributed by atoms with E-state index in [1.807, 2.05) is 0 Å². The molecule has 0 aliphatic heterocycles. The number of carboxylic acid groups (broad SMARTS) is 1. The van der Waals surface area contributed by atoms with Crippen molar-refractivity contribution in [3.63, 3.8) is 0 Å². The van der Waals surface area contributed by atoms with Crippen LogP contribution in [0.1, 0.15) is 31.4 Å². The van der Waals surface area contributed by atoms with Crippen LogP contribution in [0.2, 0.25) is 0 Å². The lowest BCUT2D eigenvalue weighted by Gasteiger charge is -2.16. The maximum absolute atomic E-state index is 13.0. The van der Waals surface area contributed by atoms with Gasteiger partial charge in [-0.2, -0.15) is 5.26 Å². The standard InChI is InChI=1S/C14H17FN2O4S/c1-9(2)5-13(14(18)19)17-22(20,21)8-10-3-4-12(15)6-11(10)7-16/h3-4,6,9,13,17H,5,8H2,1-2H3,(H,18,19)/t13-/m1/s1. The fourth-order valence-electron chi connectivity index (χ4n) is 1.91. The summed E-state index contributed by atoms with van der Waals surface area (Å²) in [6, 6.07) is 3.67. The molecule has 0 fully saturated rings. The first-order valence-electron chi connectivity index (χ1n) is 6.56. The Hall–Kier alpha value is -1.98. The number of carboxylic acids is 1. The SMILES string of the molecule is CC(C)C[C@@H](NS(=O)(=O)Cc1ccc(F)cc1C#N)C(=O)O. The monoisotopic (exact) mass is 328 g/mol. The van der Waals surface area contributed by atoms with Crippen molar-refractivity contribution in [2.24, 2.45) is 5.92 Å². The van der Waals surface area contributed by atoms with Gasteiger partial charge in [-0.15, -0.1) is 0 Å². The second kappa shape index (κ2) is 7.33. The van der Waals surface area contributed by atoms with Crippen LogP contribution in [0.15, 0.2) is 18.2 Å². The average Bonchev–Trinajstić information content (AvgIpc) is 2.38. The molecule has 1 atom stereocenters. The Labute approximate surface area is 128 Å². The van der Waals surface area contributed by atoms with Gasteiger partial charge in [-0.3, -0.25) is 4.79 Å². The van der Waals surface area contributed by atoms with E-state index in [0.29, 0.717) is 0 Å². The lowest BCUT2D eigenvalue weighted by Crippen LogP contribution is -2.42. The molecule has 0 saturated carbocycles. The number of aliphatic carboxylic acids is 1. The van der Waals surface area contributed by atoms with Crippen molar-refractivity contribution in [3.05, 3.63) is 35.1 Å². The Kier molecular flexibility index (Phi) is 6.02. The smallest absolute Gasteiger partial charge is 0.321 e. The van der Waals surface area contributed by atoms with Gasteiger partial charge >= 0.3 is 5.97 Å². The predicted molar refractivity (Wildman–Crippen MR) is 77.8 cm³/mol. The van der Waals surface area contributed by atoms with Gasteiger partial charge in [-0.05, 0) is 30.0 Å². The molecule has 120 valence electrons. The van der Waals surface area contributed by atoms with Crippen molar-refractivity contribution in [1.29, 1.82) is 5.26 Å². The van der Waals surface area contributed by atoms with Gasteiger partial charge in [0.15, 0.2) is 0 Å². The second-order valence-electron chi connectivity index (χ2n) is 5.31. The highest BCUT2D eigenvalue weighted by Gasteiger charge is 2.25. The summed E-state index contributed by atoms with van der Waals surface area (Å²) in [6.45, 7) is 3.55. The van der Waals surface area contributed by atoms with Gasteiger partial charge in [0.05, 0.1) is 17.4 Å². The van der Waals surface area contributed by atoms with Crippen LogP contribution in [0.4, 0.5) is 4.39 Å². The molecule has 0 aliphatic carbocycles. The quantitative estimate of drug-likeness (QED) is 0.791. The highest BCUT2D eigenvalue weighted by Crippen LogP contribution is 2.14. The number of nitrogens with one attached hydrogen (secondary N) is 1. The molecule has 0 heterocycles. The van der Waals surface area contributed by atoms with E-state index in [0.717, 1.165) is 12.1 Å². The molecule has 22 heavy (non-hydrogen) atoms. The molecule has 6 nitrogen and oxygen atoms in total. The molecular weight excluding hydrogens is 311 g/mol. The molecule has 1 aromatic carbocycles. The first kappa shape index (κ1) is 18.1. The molecule has 0 saturated heterocycles. The number of sulfonamides is 1. The lowest BCUT2D eigenvalue weighted by atomic mass is 10.1. The molecule has 0 aromatic heterocycles. The Morgan fingerprint density at radius 3 is 2.59 bits per heavy atom. The van der Waals surface area contributed by atoms with Crippen LogP contribution in [0.3, 0.4) is 0 Å². The average molecular weight is 328 g/mol. The Bertz CT molecular complexity index is 695. The third-order valence-corrected chi connectivity index (χ3v) is 4.20. The van der Waals surface area contributed by atoms with E-state index >= 15 is 0 Å². The lowest BCUT2D eigenvalue weighted by molar-refractivity contribution is -0.139. The van der Waals surface area contributed by atoms with Gasteiger partial charge in [0.25, 0.3) is 0 Å². The van der Waals surface area contributed by atoms with Gasteiger partial charge in [-0.25, -0.2) is 17.5 Å². The molecule has 0 aliphatic rings. The number of nitriles is 1. The van der Waals surface area contributed by atoms with E-state index in [1.54, 1.807) is 19.9 Å². The van der Waals surface area contributed by atoms with Gasteiger partial charge in [0.1, 0.15) is 11.9 Å². The van der Waals surface area contributed by atoms with E-state index in [4.69, 9.17) is 10.4 Å². The van der Waals surface area contributed by atoms with E-state index < -0.39 is 33.6 Å². The minimum Gasteiger partial charge on any atom is -0.480 e. The molecule has 0 radical (unpaired) electrons. The zero-order valence-electron chi connectivity index (χ0n) is 12.2. The van der Waals surface area contributed by atoms with Gasteiger partial charge in [0.2, 0.25) is 10.0 Å². The zero-order chi connectivity index (χ0) is 16.9. The van der Waals surface area contributed by atoms with E-state index in [-0.39, 0.29) is 23.5 Å². The van der Waals surface area contributed by atoms with Crippen molar-refractivity contribution in [2.45, 2.75) is 32.1 Å². The van der Waals surface area contributed by atoms with Crippen LogP contribution in [0, 0.1) is 23.1 Å². The van der Waals surface area contributed by atoms with Crippen molar-refractivity contribution in [2.75, 3.05) is 0 Å². The van der Waals surface area contributed by atoms with Crippen molar-refractivity contribution < 1.29 is 22.7 Å². The third kappa shape index (κ3) is 5.42. The highest BCUT2D eigenvalue weighted by molar-refractivity contribution is 7.88. The zero-order valence-corrected chi connectivity index (χ0v) is 13.0. The summed E-state index contributed by atoms with van der Waals surface area (Å²) in [4.78, 5) is 11.1. The summed E-state index contributed by atoms with van der Waals surface area (Å²) >= 11 is 0. The summed E-state index contributed by atoms with van der Waals surface area (Å²) in [6.07, 6.45) is 0.142. The largest absolute Gasteiger partial charge is 0.480 e. The fourth-order valence-corrected chi connectivity index (χ4v) is 3.29. The summed E-state index contributed by atoms with van der Waals surface area (Å²) in [5, 5.41) is 18.0. The first-order valence-corrected chi connectivity index (χ1v) is 8.21. The molecule has 1 aromatic rings. The van der Waals surface area contributed by atoms with E-state index in [2.05, 4.69) is 4.72 Å². The Morgan fingerprint density at radius 2 is 2.09 bits per heavy atom. The molecule has 0 amide bonds. The third-order valence-electron chi connectivity index (χ3n) is 2.86. The fraction of sp³-hybridized carbons (Fsp3) is 0.429. The van der Waals surface area contributed by atoms with Crippen LogP contribution < -0.4 is 4.72 Å². The van der Waals surface area contributed by atoms with Gasteiger partial charge < -0.3 is 5.11 Å². The summed E-state index contributed by atoms with van der Waals surface area (Å²) < 4.78 is 39.3. The van der Waals surface area contributed by atoms with Crippen molar-refractivity contribution in [1.82, 2.24) is 4.72 Å². The van der Waals surface area contributed by atoms with Crippen LogP contribution in [0.25, 0.3) is 0 Å². The summed E-state index contributed by atoms with van der Waals surface area (Å²) in [7, 11) is -3.97. The summed E-state index contributed by atoms with van der Waals surface area (Å²) in [5.74, 6) is -2.51. The van der Waals surface area contributed by atoms with Crippen molar-refractivity contribution >= 4 is 16.0 Å². The van der Waals surface area contributed by atoms with Crippen LogP contribution in [-0.2, 0) is 20.6 Å². The van der Waals surface area contributed by atoms with Gasteiger partial charge in [0, 0.05) is 0 Å². The molecular formula is C14H17FN2O4S. The summed E-state index contributed by atoms with van der Waals surface area (Å²) in [5.41, 5.74) is 0.0196. The Balaban J connectivity index is 2.96. The topological polar surface area (TPSA) is 107 Å². The molecule has 2 N–H and O–H groups in total. The number of carbonyl (C=O) groups is 1. The molecule has 0 spiro atoms. The number of hydrogen-bond donors (Lipinski definition) is 2. The van der Waals surface area contributed by atoms with Crippen LogP contribution >= 0.6 is 0 Å². The number of hydrogen-bond acceptors (Lipinski definition) is 4. The number of nitrogens with zero attached hydrogens (tertiary/aromatic N) is 1. The maximum atomic E-state index is 13.0. The van der Waals surface area contributed by atoms with E-state index in [1.165, 1.54) is 6.07 Å². The minimum absolute atomic E-state index is 0.00992. The first-order chi connectivity index (χ1) is 10.1.